The van der Waals surface area contributed by atoms with E-state index in [0.29, 0.717) is 23.8 Å². The maximum atomic E-state index is 12.5. The van der Waals surface area contributed by atoms with Crippen molar-refractivity contribution in [1.29, 1.82) is 0 Å². The van der Waals surface area contributed by atoms with E-state index in [1.54, 1.807) is 11.7 Å². The van der Waals surface area contributed by atoms with Gasteiger partial charge in [0.15, 0.2) is 0 Å². The smallest absolute Gasteiger partial charge is 0.272 e. The van der Waals surface area contributed by atoms with Crippen molar-refractivity contribution in [2.45, 2.75) is 26.3 Å². The fraction of sp³-hybridized carbons (Fsp3) is 0.643. The van der Waals surface area contributed by atoms with Crippen LogP contribution in [0.4, 0.5) is 0 Å². The van der Waals surface area contributed by atoms with Gasteiger partial charge in [-0.3, -0.25) is 14.4 Å². The average Bonchev–Trinajstić information content (AvgIpc) is 2.78. The van der Waals surface area contributed by atoms with Gasteiger partial charge in [-0.2, -0.15) is 5.10 Å². The summed E-state index contributed by atoms with van der Waals surface area (Å²) in [5.74, 6) is 0.0427. The summed E-state index contributed by atoms with van der Waals surface area (Å²) in [6.07, 6.45) is 0.907. The van der Waals surface area contributed by atoms with Crippen LogP contribution in [0.25, 0.3) is 0 Å². The SMILES string of the molecule is CCC(C(N)=S)N1CCN(C(=O)c2cc(C)nn2C)CC1. The Bertz CT molecular complexity index is 533. The highest BCUT2D eigenvalue weighted by molar-refractivity contribution is 7.80. The number of nitrogens with zero attached hydrogens (tertiary/aromatic N) is 4. The van der Waals surface area contributed by atoms with Gasteiger partial charge in [-0.15, -0.1) is 0 Å². The third kappa shape index (κ3) is 3.41. The summed E-state index contributed by atoms with van der Waals surface area (Å²) in [5.41, 5.74) is 7.29. The van der Waals surface area contributed by atoms with E-state index in [1.165, 1.54) is 0 Å². The molecule has 6 nitrogen and oxygen atoms in total. The van der Waals surface area contributed by atoms with Crippen LogP contribution in [-0.2, 0) is 7.05 Å². The minimum Gasteiger partial charge on any atom is -0.392 e. The number of aryl methyl sites for hydroxylation is 2. The average molecular weight is 309 g/mol. The van der Waals surface area contributed by atoms with Crippen molar-refractivity contribution in [3.8, 4) is 0 Å². The Hall–Kier alpha value is -1.47. The monoisotopic (exact) mass is 309 g/mol. The van der Waals surface area contributed by atoms with E-state index in [0.717, 1.165) is 25.2 Å². The van der Waals surface area contributed by atoms with E-state index in [2.05, 4.69) is 16.9 Å². The number of rotatable bonds is 4. The molecule has 0 aromatic carbocycles. The summed E-state index contributed by atoms with van der Waals surface area (Å²) >= 11 is 5.12. The minimum absolute atomic E-state index is 0.0427. The van der Waals surface area contributed by atoms with E-state index in [1.807, 2.05) is 17.9 Å². The van der Waals surface area contributed by atoms with Crippen LogP contribution in [0.5, 0.6) is 0 Å². The second-order valence-electron chi connectivity index (χ2n) is 5.45. The van der Waals surface area contributed by atoms with Crippen LogP contribution in [-0.4, -0.2) is 62.7 Å². The summed E-state index contributed by atoms with van der Waals surface area (Å²) in [4.78, 5) is 17.2. The zero-order valence-corrected chi connectivity index (χ0v) is 13.7. The number of amides is 1. The van der Waals surface area contributed by atoms with Gasteiger partial charge in [0, 0.05) is 33.2 Å². The van der Waals surface area contributed by atoms with E-state index in [9.17, 15) is 4.79 Å². The maximum Gasteiger partial charge on any atom is 0.272 e. The van der Waals surface area contributed by atoms with Crippen LogP contribution in [0.2, 0.25) is 0 Å². The first kappa shape index (κ1) is 15.9. The molecule has 2 rings (SSSR count). The van der Waals surface area contributed by atoms with Crippen LogP contribution in [0.15, 0.2) is 6.07 Å². The van der Waals surface area contributed by atoms with Crippen molar-refractivity contribution in [2.75, 3.05) is 26.2 Å². The largest absolute Gasteiger partial charge is 0.392 e. The second-order valence-corrected chi connectivity index (χ2v) is 5.92. The Balaban J connectivity index is 1.99. The number of nitrogens with two attached hydrogens (primary N) is 1. The van der Waals surface area contributed by atoms with Crippen LogP contribution in [0.3, 0.4) is 0 Å². The number of thiocarbonyl (C=S) groups is 1. The highest BCUT2D eigenvalue weighted by Crippen LogP contribution is 2.13. The molecule has 7 heteroatoms. The summed E-state index contributed by atoms with van der Waals surface area (Å²) < 4.78 is 1.65. The molecule has 2 heterocycles. The molecular formula is C14H23N5OS. The lowest BCUT2D eigenvalue weighted by Crippen LogP contribution is -2.54. The lowest BCUT2D eigenvalue weighted by molar-refractivity contribution is 0.0601. The van der Waals surface area contributed by atoms with Gasteiger partial charge >= 0.3 is 0 Å². The summed E-state index contributed by atoms with van der Waals surface area (Å²) in [6.45, 7) is 6.98. The van der Waals surface area contributed by atoms with Crippen molar-refractivity contribution < 1.29 is 4.79 Å². The fourth-order valence-electron chi connectivity index (χ4n) is 2.85. The highest BCUT2D eigenvalue weighted by atomic mass is 32.1. The van der Waals surface area contributed by atoms with Crippen molar-refractivity contribution in [2.24, 2.45) is 12.8 Å². The third-order valence-electron chi connectivity index (χ3n) is 3.98. The predicted molar refractivity (Wildman–Crippen MR) is 86.3 cm³/mol. The van der Waals surface area contributed by atoms with Gasteiger partial charge in [-0.05, 0) is 19.4 Å². The van der Waals surface area contributed by atoms with Crippen molar-refractivity contribution in [1.82, 2.24) is 19.6 Å². The maximum absolute atomic E-state index is 12.5. The molecule has 1 aliphatic heterocycles. The van der Waals surface area contributed by atoms with Crippen molar-refractivity contribution in [3.63, 3.8) is 0 Å². The number of hydrogen-bond donors (Lipinski definition) is 1. The molecule has 0 bridgehead atoms. The molecule has 0 radical (unpaired) electrons. The lowest BCUT2D eigenvalue weighted by atomic mass is 10.1. The molecule has 1 aliphatic rings. The number of aromatic nitrogens is 2. The highest BCUT2D eigenvalue weighted by Gasteiger charge is 2.28. The minimum atomic E-state index is 0.0427. The molecular weight excluding hydrogens is 286 g/mol. The third-order valence-corrected chi connectivity index (χ3v) is 4.25. The predicted octanol–water partition coefficient (Wildman–Crippen LogP) is 0.551. The van der Waals surface area contributed by atoms with E-state index in [-0.39, 0.29) is 11.9 Å². The molecule has 1 amide bonds. The number of carbonyl (C=O) groups excluding carboxylic acids is 1. The number of piperazine rings is 1. The van der Waals surface area contributed by atoms with Gasteiger partial charge in [0.05, 0.1) is 16.7 Å². The van der Waals surface area contributed by atoms with E-state index < -0.39 is 0 Å². The van der Waals surface area contributed by atoms with Crippen molar-refractivity contribution >= 4 is 23.1 Å². The van der Waals surface area contributed by atoms with Crippen LogP contribution < -0.4 is 5.73 Å². The molecule has 0 saturated carbocycles. The molecule has 1 fully saturated rings. The van der Waals surface area contributed by atoms with Crippen LogP contribution >= 0.6 is 12.2 Å². The van der Waals surface area contributed by atoms with Gasteiger partial charge in [0.2, 0.25) is 0 Å². The first-order chi connectivity index (χ1) is 9.93. The zero-order valence-electron chi connectivity index (χ0n) is 12.9. The molecule has 1 atom stereocenters. The van der Waals surface area contributed by atoms with Crippen LogP contribution in [0.1, 0.15) is 29.5 Å². The van der Waals surface area contributed by atoms with Gasteiger partial charge in [0.25, 0.3) is 5.91 Å². The summed E-state index contributed by atoms with van der Waals surface area (Å²) in [7, 11) is 1.80. The Morgan fingerprint density at radius 1 is 1.43 bits per heavy atom. The summed E-state index contributed by atoms with van der Waals surface area (Å²) in [6, 6.07) is 1.97. The molecule has 2 N–H and O–H groups in total. The molecule has 0 spiro atoms. The molecule has 1 unspecified atom stereocenters. The summed E-state index contributed by atoms with van der Waals surface area (Å²) in [5, 5.41) is 4.23. The molecule has 0 aliphatic carbocycles. The second kappa shape index (κ2) is 6.53. The number of carbonyl (C=O) groups is 1. The lowest BCUT2D eigenvalue weighted by Gasteiger charge is -2.38. The standard InChI is InChI=1S/C14H23N5OS/c1-4-11(13(15)21)18-5-7-19(8-6-18)14(20)12-9-10(2)16-17(12)3/h9,11H,4-8H2,1-3H3,(H2,15,21). The van der Waals surface area contributed by atoms with E-state index >= 15 is 0 Å². The van der Waals surface area contributed by atoms with Gasteiger partial charge in [0.1, 0.15) is 5.69 Å². The first-order valence-electron chi connectivity index (χ1n) is 7.27. The molecule has 21 heavy (non-hydrogen) atoms. The Morgan fingerprint density at radius 3 is 2.48 bits per heavy atom. The normalized spacial score (nSPS) is 17.8. The Labute approximate surface area is 130 Å². The van der Waals surface area contributed by atoms with Gasteiger partial charge < -0.3 is 10.6 Å². The van der Waals surface area contributed by atoms with Gasteiger partial charge in [-0.25, -0.2) is 0 Å². The molecule has 116 valence electrons. The first-order valence-corrected chi connectivity index (χ1v) is 7.68. The fourth-order valence-corrected chi connectivity index (χ4v) is 3.16. The molecule has 1 aromatic rings. The Kier molecular flexibility index (Phi) is 4.95. The number of hydrogen-bond acceptors (Lipinski definition) is 4. The van der Waals surface area contributed by atoms with E-state index in [4.69, 9.17) is 18.0 Å². The molecule has 1 aromatic heterocycles. The topological polar surface area (TPSA) is 67.4 Å². The molecule has 1 saturated heterocycles. The van der Waals surface area contributed by atoms with Crippen LogP contribution in [0, 0.1) is 6.92 Å². The van der Waals surface area contributed by atoms with Gasteiger partial charge in [-0.1, -0.05) is 19.1 Å². The zero-order chi connectivity index (χ0) is 15.6. The van der Waals surface area contributed by atoms with Crippen molar-refractivity contribution in [3.05, 3.63) is 17.5 Å². The Morgan fingerprint density at radius 2 is 2.05 bits per heavy atom. The quantitative estimate of drug-likeness (QED) is 0.823.